The van der Waals surface area contributed by atoms with E-state index in [0.29, 0.717) is 11.6 Å². The number of benzene rings is 1. The van der Waals surface area contributed by atoms with E-state index in [0.717, 1.165) is 6.54 Å². The van der Waals surface area contributed by atoms with Crippen molar-refractivity contribution in [1.82, 2.24) is 0 Å². The molecule has 0 aliphatic carbocycles. The van der Waals surface area contributed by atoms with E-state index >= 15 is 0 Å². The molecule has 0 radical (unpaired) electrons. The third-order valence-corrected chi connectivity index (χ3v) is 2.52. The number of hydrogen-bond acceptors (Lipinski definition) is 1. The Bertz CT molecular complexity index is 307. The van der Waals surface area contributed by atoms with Crippen LogP contribution in [0.4, 0.5) is 10.1 Å². The molecule has 0 spiro atoms. The number of hydrogen-bond donors (Lipinski definition) is 0. The molecule has 1 nitrogen and oxygen atoms in total. The predicted molar refractivity (Wildman–Crippen MR) is 59.4 cm³/mol. The summed E-state index contributed by atoms with van der Waals surface area (Å²) < 4.78 is 13.4. The topological polar surface area (TPSA) is 3.24 Å². The Kier molecular flexibility index (Phi) is 3.50. The molecule has 78 valence electrons. The summed E-state index contributed by atoms with van der Waals surface area (Å²) >= 11 is 0. The maximum Gasteiger partial charge on any atom is 0.146 e. The zero-order chi connectivity index (χ0) is 10.7. The van der Waals surface area contributed by atoms with Gasteiger partial charge in [-0.15, -0.1) is 0 Å². The highest BCUT2D eigenvalue weighted by Gasteiger charge is 2.08. The Balaban J connectivity index is 3.08. The van der Waals surface area contributed by atoms with Crippen LogP contribution in [0.1, 0.15) is 32.3 Å². The highest BCUT2D eigenvalue weighted by Crippen LogP contribution is 2.23. The van der Waals surface area contributed by atoms with Crippen molar-refractivity contribution in [2.24, 2.45) is 0 Å². The Labute approximate surface area is 85.5 Å². The fraction of sp³-hybridized carbons (Fsp3) is 0.500. The van der Waals surface area contributed by atoms with Gasteiger partial charge >= 0.3 is 0 Å². The van der Waals surface area contributed by atoms with Crippen molar-refractivity contribution in [2.45, 2.75) is 26.7 Å². The summed E-state index contributed by atoms with van der Waals surface area (Å²) in [5.74, 6) is 0.304. The molecule has 1 aromatic carbocycles. The van der Waals surface area contributed by atoms with Crippen LogP contribution >= 0.6 is 0 Å². The lowest BCUT2D eigenvalue weighted by Crippen LogP contribution is -2.17. The molecular weight excluding hydrogens is 177 g/mol. The average Bonchev–Trinajstić information content (AvgIpc) is 2.17. The second kappa shape index (κ2) is 4.45. The Morgan fingerprint density at radius 1 is 1.36 bits per heavy atom. The first-order chi connectivity index (χ1) is 6.56. The molecule has 0 aliphatic heterocycles. The fourth-order valence-corrected chi connectivity index (χ4v) is 1.35. The van der Waals surface area contributed by atoms with Crippen LogP contribution in [-0.2, 0) is 0 Å². The zero-order valence-electron chi connectivity index (χ0n) is 9.34. The van der Waals surface area contributed by atoms with Gasteiger partial charge in [0.1, 0.15) is 5.82 Å². The van der Waals surface area contributed by atoms with Crippen molar-refractivity contribution < 1.29 is 4.39 Å². The molecule has 0 aliphatic rings. The maximum absolute atomic E-state index is 13.4. The van der Waals surface area contributed by atoms with Crippen LogP contribution in [0.5, 0.6) is 0 Å². The largest absolute Gasteiger partial charge is 0.373 e. The number of anilines is 1. The van der Waals surface area contributed by atoms with Crippen LogP contribution in [-0.4, -0.2) is 13.6 Å². The van der Waals surface area contributed by atoms with Gasteiger partial charge in [-0.05, 0) is 30.5 Å². The van der Waals surface area contributed by atoms with Crippen LogP contribution in [0, 0.1) is 5.82 Å². The van der Waals surface area contributed by atoms with Gasteiger partial charge in [0.2, 0.25) is 0 Å². The molecule has 1 aromatic rings. The average molecular weight is 195 g/mol. The Morgan fingerprint density at radius 2 is 2.00 bits per heavy atom. The quantitative estimate of drug-likeness (QED) is 0.714. The summed E-state index contributed by atoms with van der Waals surface area (Å²) in [4.78, 5) is 1.92. The molecule has 0 atom stereocenters. The van der Waals surface area contributed by atoms with Crippen molar-refractivity contribution in [2.75, 3.05) is 18.5 Å². The van der Waals surface area contributed by atoms with Gasteiger partial charge in [-0.25, -0.2) is 4.39 Å². The fourth-order valence-electron chi connectivity index (χ4n) is 1.35. The van der Waals surface area contributed by atoms with Crippen LogP contribution in [0.3, 0.4) is 0 Å². The van der Waals surface area contributed by atoms with Gasteiger partial charge in [0.05, 0.1) is 5.69 Å². The summed E-state index contributed by atoms with van der Waals surface area (Å²) in [6, 6.07) is 5.34. The summed E-state index contributed by atoms with van der Waals surface area (Å²) in [5.41, 5.74) is 1.88. The van der Waals surface area contributed by atoms with E-state index in [4.69, 9.17) is 0 Å². The van der Waals surface area contributed by atoms with Gasteiger partial charge < -0.3 is 4.90 Å². The van der Waals surface area contributed by atoms with Crippen molar-refractivity contribution in [1.29, 1.82) is 0 Å². The smallest absolute Gasteiger partial charge is 0.146 e. The van der Waals surface area contributed by atoms with E-state index in [1.54, 1.807) is 6.07 Å². The molecule has 0 saturated carbocycles. The molecule has 0 N–H and O–H groups in total. The molecule has 0 fully saturated rings. The lowest BCUT2D eigenvalue weighted by molar-refractivity contribution is 0.622. The lowest BCUT2D eigenvalue weighted by Gasteiger charge is -2.19. The second-order valence-electron chi connectivity index (χ2n) is 3.88. The standard InChI is InChI=1S/C12H18FN/c1-5-14(4)12-8-10(9(2)3)6-7-11(12)13/h6-9H,5H2,1-4H3. The van der Waals surface area contributed by atoms with Crippen molar-refractivity contribution in [3.63, 3.8) is 0 Å². The first-order valence-electron chi connectivity index (χ1n) is 5.06. The summed E-state index contributed by atoms with van der Waals surface area (Å²) in [5, 5.41) is 0. The lowest BCUT2D eigenvalue weighted by atomic mass is 10.0. The molecule has 0 aromatic heterocycles. The Hall–Kier alpha value is -1.05. The van der Waals surface area contributed by atoms with Crippen LogP contribution in [0.25, 0.3) is 0 Å². The number of rotatable bonds is 3. The monoisotopic (exact) mass is 195 g/mol. The maximum atomic E-state index is 13.4. The molecular formula is C12H18FN. The van der Waals surface area contributed by atoms with Crippen LogP contribution in [0.15, 0.2) is 18.2 Å². The van der Waals surface area contributed by atoms with E-state index < -0.39 is 0 Å². The summed E-state index contributed by atoms with van der Waals surface area (Å²) in [7, 11) is 1.91. The summed E-state index contributed by atoms with van der Waals surface area (Å²) in [6.45, 7) is 7.06. The Morgan fingerprint density at radius 3 is 2.50 bits per heavy atom. The number of halogens is 1. The SMILES string of the molecule is CCN(C)c1cc(C(C)C)ccc1F. The van der Waals surface area contributed by atoms with E-state index in [1.165, 1.54) is 5.56 Å². The number of nitrogens with zero attached hydrogens (tertiary/aromatic N) is 1. The van der Waals surface area contributed by atoms with E-state index in [1.807, 2.05) is 31.0 Å². The second-order valence-corrected chi connectivity index (χ2v) is 3.88. The first kappa shape index (κ1) is 11.0. The summed E-state index contributed by atoms with van der Waals surface area (Å²) in [6.07, 6.45) is 0. The zero-order valence-corrected chi connectivity index (χ0v) is 9.34. The van der Waals surface area contributed by atoms with Gasteiger partial charge in [-0.2, -0.15) is 0 Å². The van der Waals surface area contributed by atoms with Crippen molar-refractivity contribution >= 4 is 5.69 Å². The highest BCUT2D eigenvalue weighted by atomic mass is 19.1. The third kappa shape index (κ3) is 2.25. The minimum absolute atomic E-state index is 0.140. The van der Waals surface area contributed by atoms with Crippen molar-refractivity contribution in [3.8, 4) is 0 Å². The molecule has 0 heterocycles. The minimum atomic E-state index is -0.140. The van der Waals surface area contributed by atoms with E-state index in [-0.39, 0.29) is 5.82 Å². The van der Waals surface area contributed by atoms with Crippen LogP contribution < -0.4 is 4.90 Å². The molecule has 0 unspecified atom stereocenters. The minimum Gasteiger partial charge on any atom is -0.373 e. The first-order valence-corrected chi connectivity index (χ1v) is 5.06. The normalized spacial score (nSPS) is 10.7. The molecule has 0 amide bonds. The van der Waals surface area contributed by atoms with Gasteiger partial charge in [0.15, 0.2) is 0 Å². The van der Waals surface area contributed by atoms with Gasteiger partial charge in [-0.1, -0.05) is 19.9 Å². The predicted octanol–water partition coefficient (Wildman–Crippen LogP) is 3.41. The molecule has 0 saturated heterocycles. The third-order valence-electron chi connectivity index (χ3n) is 2.52. The van der Waals surface area contributed by atoms with E-state index in [9.17, 15) is 4.39 Å². The van der Waals surface area contributed by atoms with Gasteiger partial charge in [0, 0.05) is 13.6 Å². The highest BCUT2D eigenvalue weighted by molar-refractivity contribution is 5.49. The van der Waals surface area contributed by atoms with Crippen LogP contribution in [0.2, 0.25) is 0 Å². The molecule has 14 heavy (non-hydrogen) atoms. The molecule has 1 rings (SSSR count). The van der Waals surface area contributed by atoms with E-state index in [2.05, 4.69) is 13.8 Å². The van der Waals surface area contributed by atoms with Gasteiger partial charge in [0.25, 0.3) is 0 Å². The molecule has 0 bridgehead atoms. The van der Waals surface area contributed by atoms with Crippen molar-refractivity contribution in [3.05, 3.63) is 29.6 Å². The molecule has 2 heteroatoms. The van der Waals surface area contributed by atoms with Gasteiger partial charge in [-0.3, -0.25) is 0 Å².